The first-order valence-electron chi connectivity index (χ1n) is 6.02. The van der Waals surface area contributed by atoms with Gasteiger partial charge < -0.3 is 15.3 Å². The summed E-state index contributed by atoms with van der Waals surface area (Å²) in [6, 6.07) is -1.16. The molecule has 0 aromatic heterocycles. The van der Waals surface area contributed by atoms with Crippen LogP contribution in [-0.2, 0) is 4.79 Å². The molecule has 0 aromatic carbocycles. The van der Waals surface area contributed by atoms with Gasteiger partial charge in [-0.25, -0.2) is 4.79 Å². The first-order chi connectivity index (χ1) is 7.73. The Morgan fingerprint density at radius 1 is 1.06 bits per heavy atom. The fourth-order valence-corrected chi connectivity index (χ4v) is 1.46. The third-order valence-electron chi connectivity index (χ3n) is 2.17. The molecular formula is C12H24N2O3. The van der Waals surface area contributed by atoms with Crippen LogP contribution in [0.2, 0.25) is 0 Å². The number of carbonyl (C=O) groups excluding carboxylic acids is 1. The lowest BCUT2D eigenvalue weighted by Gasteiger charge is -2.27. The average Bonchev–Trinajstić information content (AvgIpc) is 2.14. The van der Waals surface area contributed by atoms with Crippen LogP contribution in [0.4, 0.5) is 4.79 Å². The predicted molar refractivity (Wildman–Crippen MR) is 66.9 cm³/mol. The third kappa shape index (κ3) is 6.81. The van der Waals surface area contributed by atoms with Crippen LogP contribution < -0.4 is 5.32 Å². The topological polar surface area (TPSA) is 69.6 Å². The van der Waals surface area contributed by atoms with Crippen molar-refractivity contribution in [2.45, 2.75) is 40.7 Å². The molecule has 0 aliphatic carbocycles. The van der Waals surface area contributed by atoms with Crippen molar-refractivity contribution in [1.29, 1.82) is 0 Å². The Morgan fingerprint density at radius 2 is 1.47 bits per heavy atom. The molecule has 0 saturated heterocycles. The molecule has 100 valence electrons. The van der Waals surface area contributed by atoms with E-state index in [0.29, 0.717) is 24.9 Å². The quantitative estimate of drug-likeness (QED) is 0.748. The van der Waals surface area contributed by atoms with Gasteiger partial charge in [0.1, 0.15) is 6.04 Å². The Kier molecular flexibility index (Phi) is 6.61. The second kappa shape index (κ2) is 7.14. The van der Waals surface area contributed by atoms with E-state index in [2.05, 4.69) is 5.32 Å². The summed E-state index contributed by atoms with van der Waals surface area (Å²) in [5.74, 6) is -0.299. The maximum Gasteiger partial charge on any atom is 0.325 e. The molecule has 0 saturated carbocycles. The Labute approximate surface area is 103 Å². The van der Waals surface area contributed by atoms with Crippen LogP contribution in [0.5, 0.6) is 0 Å². The molecule has 0 rings (SSSR count). The minimum atomic E-state index is -1.02. The fourth-order valence-electron chi connectivity index (χ4n) is 1.46. The molecular weight excluding hydrogens is 220 g/mol. The summed E-state index contributed by atoms with van der Waals surface area (Å²) in [5.41, 5.74) is 0. The zero-order valence-corrected chi connectivity index (χ0v) is 11.4. The van der Waals surface area contributed by atoms with Gasteiger partial charge in [-0.15, -0.1) is 0 Å². The lowest BCUT2D eigenvalue weighted by Crippen LogP contribution is -2.48. The lowest BCUT2D eigenvalue weighted by molar-refractivity contribution is -0.138. The summed E-state index contributed by atoms with van der Waals surface area (Å²) in [6.45, 7) is 10.8. The van der Waals surface area contributed by atoms with E-state index in [9.17, 15) is 9.59 Å². The monoisotopic (exact) mass is 244 g/mol. The number of amides is 2. The summed E-state index contributed by atoms with van der Waals surface area (Å²) in [5, 5.41) is 11.2. The van der Waals surface area contributed by atoms with Gasteiger partial charge in [-0.3, -0.25) is 4.79 Å². The molecule has 0 radical (unpaired) electrons. The minimum Gasteiger partial charge on any atom is -0.480 e. The van der Waals surface area contributed by atoms with E-state index in [0.717, 1.165) is 0 Å². The molecule has 5 heteroatoms. The zero-order valence-electron chi connectivity index (χ0n) is 11.4. The average molecular weight is 244 g/mol. The van der Waals surface area contributed by atoms with Crippen molar-refractivity contribution >= 4 is 12.0 Å². The first kappa shape index (κ1) is 15.7. The molecule has 0 aliphatic heterocycles. The highest BCUT2D eigenvalue weighted by atomic mass is 16.4. The van der Waals surface area contributed by atoms with Crippen molar-refractivity contribution in [2.24, 2.45) is 11.8 Å². The normalized spacial score (nSPS) is 12.6. The fraction of sp³-hybridized carbons (Fsp3) is 0.833. The van der Waals surface area contributed by atoms with E-state index < -0.39 is 12.0 Å². The van der Waals surface area contributed by atoms with Gasteiger partial charge in [-0.05, 0) is 18.8 Å². The van der Waals surface area contributed by atoms with Crippen molar-refractivity contribution in [1.82, 2.24) is 10.2 Å². The molecule has 0 bridgehead atoms. The van der Waals surface area contributed by atoms with E-state index >= 15 is 0 Å². The van der Waals surface area contributed by atoms with Gasteiger partial charge >= 0.3 is 12.0 Å². The highest BCUT2D eigenvalue weighted by Gasteiger charge is 2.20. The van der Waals surface area contributed by atoms with Crippen molar-refractivity contribution < 1.29 is 14.7 Å². The predicted octanol–water partition coefficient (Wildman–Crippen LogP) is 1.78. The molecule has 2 amide bonds. The van der Waals surface area contributed by atoms with E-state index in [-0.39, 0.29) is 6.03 Å². The maximum atomic E-state index is 11.9. The van der Waals surface area contributed by atoms with Crippen LogP contribution in [-0.4, -0.2) is 41.1 Å². The van der Waals surface area contributed by atoms with E-state index in [1.54, 1.807) is 4.90 Å². The van der Waals surface area contributed by atoms with Crippen molar-refractivity contribution in [3.8, 4) is 0 Å². The number of carboxylic acid groups (broad SMARTS) is 1. The minimum absolute atomic E-state index is 0.303. The number of aliphatic carboxylic acids is 1. The van der Waals surface area contributed by atoms with Crippen molar-refractivity contribution in [3.63, 3.8) is 0 Å². The molecule has 0 aromatic rings. The molecule has 0 fully saturated rings. The number of rotatable bonds is 6. The van der Waals surface area contributed by atoms with E-state index in [1.807, 2.05) is 27.7 Å². The lowest BCUT2D eigenvalue weighted by atomic mass is 10.1. The van der Waals surface area contributed by atoms with Crippen LogP contribution in [0.25, 0.3) is 0 Å². The van der Waals surface area contributed by atoms with Gasteiger partial charge in [0.25, 0.3) is 0 Å². The first-order valence-corrected chi connectivity index (χ1v) is 6.02. The largest absolute Gasteiger partial charge is 0.480 e. The summed E-state index contributed by atoms with van der Waals surface area (Å²) in [6.07, 6.45) is 0. The van der Waals surface area contributed by atoms with Gasteiger partial charge in [0.2, 0.25) is 0 Å². The van der Waals surface area contributed by atoms with Crippen LogP contribution in [0.1, 0.15) is 34.6 Å². The van der Waals surface area contributed by atoms with Gasteiger partial charge in [0.15, 0.2) is 0 Å². The van der Waals surface area contributed by atoms with Gasteiger partial charge in [0, 0.05) is 13.1 Å². The number of hydrogen-bond acceptors (Lipinski definition) is 2. The zero-order chi connectivity index (χ0) is 13.6. The van der Waals surface area contributed by atoms with E-state index in [4.69, 9.17) is 5.11 Å². The molecule has 0 spiro atoms. The number of carbonyl (C=O) groups is 2. The number of nitrogens with one attached hydrogen (secondary N) is 1. The highest BCUT2D eigenvalue weighted by molar-refractivity contribution is 5.82. The SMILES string of the molecule is CC(C)CN(CC(C)C)C(=O)NC(C)C(=O)O. The maximum absolute atomic E-state index is 11.9. The Hall–Kier alpha value is -1.26. The summed E-state index contributed by atoms with van der Waals surface area (Å²) in [4.78, 5) is 24.2. The number of nitrogens with zero attached hydrogens (tertiary/aromatic N) is 1. The van der Waals surface area contributed by atoms with Crippen LogP contribution in [0.3, 0.4) is 0 Å². The summed E-state index contributed by atoms with van der Waals surface area (Å²) < 4.78 is 0. The van der Waals surface area contributed by atoms with Crippen molar-refractivity contribution in [2.75, 3.05) is 13.1 Å². The third-order valence-corrected chi connectivity index (χ3v) is 2.17. The van der Waals surface area contributed by atoms with Crippen LogP contribution in [0, 0.1) is 11.8 Å². The number of urea groups is 1. The molecule has 2 N–H and O–H groups in total. The van der Waals surface area contributed by atoms with Gasteiger partial charge in [-0.1, -0.05) is 27.7 Å². The molecule has 0 aliphatic rings. The Balaban J connectivity index is 4.46. The molecule has 17 heavy (non-hydrogen) atoms. The molecule has 5 nitrogen and oxygen atoms in total. The van der Waals surface area contributed by atoms with Gasteiger partial charge in [-0.2, -0.15) is 0 Å². The van der Waals surface area contributed by atoms with Gasteiger partial charge in [0.05, 0.1) is 0 Å². The van der Waals surface area contributed by atoms with Crippen molar-refractivity contribution in [3.05, 3.63) is 0 Å². The smallest absolute Gasteiger partial charge is 0.325 e. The summed E-state index contributed by atoms with van der Waals surface area (Å²) >= 11 is 0. The molecule has 1 atom stereocenters. The Bertz CT molecular complexity index is 254. The second-order valence-electron chi connectivity index (χ2n) is 5.20. The summed E-state index contributed by atoms with van der Waals surface area (Å²) in [7, 11) is 0. The molecule has 0 heterocycles. The Morgan fingerprint density at radius 3 is 1.76 bits per heavy atom. The van der Waals surface area contributed by atoms with E-state index in [1.165, 1.54) is 6.92 Å². The standard InChI is InChI=1S/C12H24N2O3/c1-8(2)6-14(7-9(3)4)12(17)13-10(5)11(15)16/h8-10H,6-7H2,1-5H3,(H,13,17)(H,15,16). The number of carboxylic acids is 1. The highest BCUT2D eigenvalue weighted by Crippen LogP contribution is 2.04. The second-order valence-corrected chi connectivity index (χ2v) is 5.20. The molecule has 1 unspecified atom stereocenters. The van der Waals surface area contributed by atoms with Crippen LogP contribution in [0.15, 0.2) is 0 Å². The number of hydrogen-bond donors (Lipinski definition) is 2. The van der Waals surface area contributed by atoms with Crippen LogP contribution >= 0.6 is 0 Å².